The lowest BCUT2D eigenvalue weighted by Crippen LogP contribution is -2.31. The number of halogens is 1. The first kappa shape index (κ1) is 17.0. The van der Waals surface area contributed by atoms with Crippen LogP contribution in [-0.2, 0) is 0 Å². The summed E-state index contributed by atoms with van der Waals surface area (Å²) < 4.78 is 10.5. The first-order chi connectivity index (χ1) is 11.0. The highest BCUT2D eigenvalue weighted by atomic mass is 35.5. The molecule has 2 N–H and O–H groups in total. The Morgan fingerprint density at radius 3 is 2.48 bits per heavy atom. The summed E-state index contributed by atoms with van der Waals surface area (Å²) in [6.07, 6.45) is 0. The Bertz CT molecular complexity index is 691. The van der Waals surface area contributed by atoms with E-state index in [1.807, 2.05) is 19.1 Å². The van der Waals surface area contributed by atoms with E-state index in [0.717, 1.165) is 5.56 Å². The van der Waals surface area contributed by atoms with Crippen molar-refractivity contribution in [2.45, 2.75) is 13.0 Å². The zero-order valence-electron chi connectivity index (χ0n) is 13.2. The molecule has 0 aliphatic heterocycles. The van der Waals surface area contributed by atoms with E-state index in [0.29, 0.717) is 22.2 Å². The summed E-state index contributed by atoms with van der Waals surface area (Å²) in [5.74, 6) is 1.26. The quantitative estimate of drug-likeness (QED) is 0.859. The number of amides is 2. The van der Waals surface area contributed by atoms with Crippen molar-refractivity contribution in [3.05, 3.63) is 53.1 Å². The fraction of sp³-hybridized carbons (Fsp3) is 0.235. The molecule has 0 aliphatic rings. The van der Waals surface area contributed by atoms with E-state index in [2.05, 4.69) is 10.6 Å². The maximum absolute atomic E-state index is 12.1. The van der Waals surface area contributed by atoms with Crippen molar-refractivity contribution in [2.24, 2.45) is 0 Å². The molecule has 6 heteroatoms. The van der Waals surface area contributed by atoms with Crippen LogP contribution in [0.4, 0.5) is 10.5 Å². The normalized spacial score (nSPS) is 11.5. The van der Waals surface area contributed by atoms with E-state index in [-0.39, 0.29) is 12.1 Å². The summed E-state index contributed by atoms with van der Waals surface area (Å²) >= 11 is 5.89. The summed E-state index contributed by atoms with van der Waals surface area (Å²) in [5.41, 5.74) is 1.54. The van der Waals surface area contributed by atoms with Crippen LogP contribution in [0.5, 0.6) is 11.5 Å². The number of hydrogen-bond donors (Lipinski definition) is 2. The lowest BCUT2D eigenvalue weighted by Gasteiger charge is -2.17. The SMILES string of the molecule is COc1ccc([C@@H](C)NC(=O)Nc2cccc(Cl)c2)cc1OC. The molecule has 5 nitrogen and oxygen atoms in total. The van der Waals surface area contributed by atoms with Crippen molar-refractivity contribution in [3.63, 3.8) is 0 Å². The highest BCUT2D eigenvalue weighted by molar-refractivity contribution is 6.30. The molecule has 0 spiro atoms. The minimum atomic E-state index is -0.311. The maximum atomic E-state index is 12.1. The molecule has 2 rings (SSSR count). The molecule has 0 aliphatic carbocycles. The Labute approximate surface area is 140 Å². The van der Waals surface area contributed by atoms with Gasteiger partial charge in [-0.3, -0.25) is 0 Å². The Morgan fingerprint density at radius 2 is 1.83 bits per heavy atom. The lowest BCUT2D eigenvalue weighted by molar-refractivity contribution is 0.249. The zero-order valence-corrected chi connectivity index (χ0v) is 14.0. The van der Waals surface area contributed by atoms with Gasteiger partial charge in [0, 0.05) is 10.7 Å². The molecular weight excluding hydrogens is 316 g/mol. The number of methoxy groups -OCH3 is 2. The highest BCUT2D eigenvalue weighted by Crippen LogP contribution is 2.29. The van der Waals surface area contributed by atoms with Crippen LogP contribution < -0.4 is 20.1 Å². The number of urea groups is 1. The van der Waals surface area contributed by atoms with E-state index in [1.165, 1.54) is 0 Å². The summed E-state index contributed by atoms with van der Waals surface area (Å²) in [7, 11) is 3.16. The van der Waals surface area contributed by atoms with Gasteiger partial charge in [0.1, 0.15) is 0 Å². The number of anilines is 1. The second kappa shape index (κ2) is 7.74. The van der Waals surface area contributed by atoms with Gasteiger partial charge in [-0.2, -0.15) is 0 Å². The molecule has 0 bridgehead atoms. The molecule has 0 fully saturated rings. The average Bonchev–Trinajstić information content (AvgIpc) is 2.53. The number of benzene rings is 2. The van der Waals surface area contributed by atoms with Crippen LogP contribution in [0.25, 0.3) is 0 Å². The third kappa shape index (κ3) is 4.53. The van der Waals surface area contributed by atoms with Crippen molar-refractivity contribution >= 4 is 23.3 Å². The van der Waals surface area contributed by atoms with Gasteiger partial charge in [-0.15, -0.1) is 0 Å². The highest BCUT2D eigenvalue weighted by Gasteiger charge is 2.12. The van der Waals surface area contributed by atoms with Crippen LogP contribution in [0.3, 0.4) is 0 Å². The summed E-state index contributed by atoms with van der Waals surface area (Å²) in [5, 5.41) is 6.17. The number of carbonyl (C=O) groups excluding carboxylic acids is 1. The Morgan fingerprint density at radius 1 is 1.09 bits per heavy atom. The molecule has 2 amide bonds. The third-order valence-corrected chi connectivity index (χ3v) is 3.57. The Kier molecular flexibility index (Phi) is 5.71. The summed E-state index contributed by atoms with van der Waals surface area (Å²) in [6.45, 7) is 1.89. The minimum absolute atomic E-state index is 0.200. The molecule has 1 atom stereocenters. The fourth-order valence-corrected chi connectivity index (χ4v) is 2.33. The molecule has 2 aromatic rings. The molecule has 0 saturated carbocycles. The average molecular weight is 335 g/mol. The van der Waals surface area contributed by atoms with E-state index in [1.54, 1.807) is 44.6 Å². The summed E-state index contributed by atoms with van der Waals surface area (Å²) in [4.78, 5) is 12.1. The van der Waals surface area contributed by atoms with Crippen molar-refractivity contribution in [2.75, 3.05) is 19.5 Å². The maximum Gasteiger partial charge on any atom is 0.319 e. The third-order valence-electron chi connectivity index (χ3n) is 3.34. The number of ether oxygens (including phenoxy) is 2. The molecule has 0 radical (unpaired) electrons. The Hall–Kier alpha value is -2.40. The van der Waals surface area contributed by atoms with Gasteiger partial charge in [-0.1, -0.05) is 23.7 Å². The number of carbonyl (C=O) groups is 1. The van der Waals surface area contributed by atoms with Gasteiger partial charge in [0.2, 0.25) is 0 Å². The smallest absolute Gasteiger partial charge is 0.319 e. The first-order valence-electron chi connectivity index (χ1n) is 7.08. The monoisotopic (exact) mass is 334 g/mol. The standard InChI is InChI=1S/C17H19ClN2O3/c1-11(12-7-8-15(22-2)16(9-12)23-3)19-17(21)20-14-6-4-5-13(18)10-14/h4-11H,1-3H3,(H2,19,20,21)/t11-/m1/s1. The van der Waals surface area contributed by atoms with Gasteiger partial charge in [-0.25, -0.2) is 4.79 Å². The fourth-order valence-electron chi connectivity index (χ4n) is 2.14. The van der Waals surface area contributed by atoms with E-state index in [9.17, 15) is 4.79 Å². The molecule has 0 aromatic heterocycles. The van der Waals surface area contributed by atoms with Gasteiger partial charge in [0.05, 0.1) is 20.3 Å². The van der Waals surface area contributed by atoms with Crippen molar-refractivity contribution < 1.29 is 14.3 Å². The predicted octanol–water partition coefficient (Wildman–Crippen LogP) is 4.24. The molecule has 0 saturated heterocycles. The molecule has 0 heterocycles. The van der Waals surface area contributed by atoms with Gasteiger partial charge in [0.25, 0.3) is 0 Å². The zero-order chi connectivity index (χ0) is 16.8. The molecule has 23 heavy (non-hydrogen) atoms. The van der Waals surface area contributed by atoms with Crippen LogP contribution in [0.2, 0.25) is 5.02 Å². The minimum Gasteiger partial charge on any atom is -0.493 e. The van der Waals surface area contributed by atoms with Crippen molar-refractivity contribution in [1.82, 2.24) is 5.32 Å². The lowest BCUT2D eigenvalue weighted by atomic mass is 10.1. The number of rotatable bonds is 5. The number of nitrogens with one attached hydrogen (secondary N) is 2. The van der Waals surface area contributed by atoms with Gasteiger partial charge < -0.3 is 20.1 Å². The topological polar surface area (TPSA) is 59.6 Å². The van der Waals surface area contributed by atoms with E-state index >= 15 is 0 Å². The number of hydrogen-bond acceptors (Lipinski definition) is 3. The van der Waals surface area contributed by atoms with Gasteiger partial charge in [-0.05, 0) is 42.8 Å². The largest absolute Gasteiger partial charge is 0.493 e. The predicted molar refractivity (Wildman–Crippen MR) is 91.6 cm³/mol. The van der Waals surface area contributed by atoms with Crippen LogP contribution >= 0.6 is 11.6 Å². The molecule has 2 aromatic carbocycles. The molecule has 122 valence electrons. The van der Waals surface area contributed by atoms with Crippen LogP contribution in [0.15, 0.2) is 42.5 Å². The Balaban J connectivity index is 2.03. The van der Waals surface area contributed by atoms with Crippen LogP contribution in [-0.4, -0.2) is 20.3 Å². The van der Waals surface area contributed by atoms with Gasteiger partial charge in [0.15, 0.2) is 11.5 Å². The van der Waals surface area contributed by atoms with E-state index in [4.69, 9.17) is 21.1 Å². The van der Waals surface area contributed by atoms with E-state index < -0.39 is 0 Å². The second-order valence-electron chi connectivity index (χ2n) is 4.94. The van der Waals surface area contributed by atoms with Crippen LogP contribution in [0.1, 0.15) is 18.5 Å². The summed E-state index contributed by atoms with van der Waals surface area (Å²) in [6, 6.07) is 12.0. The molecule has 0 unspecified atom stereocenters. The van der Waals surface area contributed by atoms with Gasteiger partial charge >= 0.3 is 6.03 Å². The van der Waals surface area contributed by atoms with Crippen molar-refractivity contribution in [1.29, 1.82) is 0 Å². The molecular formula is C17H19ClN2O3. The first-order valence-corrected chi connectivity index (χ1v) is 7.46. The van der Waals surface area contributed by atoms with Crippen molar-refractivity contribution in [3.8, 4) is 11.5 Å². The van der Waals surface area contributed by atoms with Crippen LogP contribution in [0, 0.1) is 0 Å². The second-order valence-corrected chi connectivity index (χ2v) is 5.38.